The Labute approximate surface area is 115 Å². The van der Waals surface area contributed by atoms with Crippen LogP contribution in [0.5, 0.6) is 0 Å². The summed E-state index contributed by atoms with van der Waals surface area (Å²) < 4.78 is 0.698. The van der Waals surface area contributed by atoms with Gasteiger partial charge < -0.3 is 10.6 Å². The van der Waals surface area contributed by atoms with E-state index in [4.69, 9.17) is 11.0 Å². The maximum atomic E-state index is 12.3. The molecule has 0 radical (unpaired) electrons. The second kappa shape index (κ2) is 6.36. The van der Waals surface area contributed by atoms with Crippen LogP contribution >= 0.6 is 15.9 Å². The fourth-order valence-electron chi connectivity index (χ4n) is 1.54. The average Bonchev–Trinajstić information content (AvgIpc) is 2.32. The fraction of sp³-hybridized carbons (Fsp3) is 0.417. The Morgan fingerprint density at radius 2 is 2.33 bits per heavy atom. The van der Waals surface area contributed by atoms with E-state index in [1.807, 2.05) is 19.9 Å². The Morgan fingerprint density at radius 1 is 1.67 bits per heavy atom. The Bertz CT molecular complexity index is 481. The maximum absolute atomic E-state index is 12.3. The van der Waals surface area contributed by atoms with Crippen LogP contribution in [0, 0.1) is 11.3 Å². The number of carbonyl (C=O) groups excluding carboxylic acids is 1. The summed E-state index contributed by atoms with van der Waals surface area (Å²) in [6.45, 7) is 4.19. The SMILES string of the molecule is CC(C)N(CCC#N)C(=O)c1cc(Br)cnc1N. The Kier molecular flexibility index (Phi) is 5.10. The standard InChI is InChI=1S/C12H15BrN4O/c1-8(2)17(5-3-4-14)12(18)10-6-9(13)7-16-11(10)15/h6-8H,3,5H2,1-2H3,(H2,15,16). The Hall–Kier alpha value is -1.61. The fourth-order valence-corrected chi connectivity index (χ4v) is 1.87. The molecule has 96 valence electrons. The molecular formula is C12H15BrN4O. The van der Waals surface area contributed by atoms with Crippen LogP contribution in [0.2, 0.25) is 0 Å². The van der Waals surface area contributed by atoms with Crippen LogP contribution in [-0.4, -0.2) is 28.4 Å². The first-order valence-electron chi connectivity index (χ1n) is 5.56. The van der Waals surface area contributed by atoms with Crippen molar-refractivity contribution < 1.29 is 4.79 Å². The molecule has 0 aliphatic heterocycles. The number of halogens is 1. The van der Waals surface area contributed by atoms with Crippen LogP contribution in [0.15, 0.2) is 16.7 Å². The van der Waals surface area contributed by atoms with Crippen molar-refractivity contribution in [2.45, 2.75) is 26.3 Å². The lowest BCUT2D eigenvalue weighted by Crippen LogP contribution is -2.38. The van der Waals surface area contributed by atoms with Crippen molar-refractivity contribution in [1.82, 2.24) is 9.88 Å². The van der Waals surface area contributed by atoms with Crippen molar-refractivity contribution in [1.29, 1.82) is 5.26 Å². The predicted molar refractivity (Wildman–Crippen MR) is 72.8 cm³/mol. The third kappa shape index (κ3) is 3.44. The quantitative estimate of drug-likeness (QED) is 0.924. The molecule has 1 heterocycles. The number of hydrogen-bond acceptors (Lipinski definition) is 4. The van der Waals surface area contributed by atoms with Gasteiger partial charge in [0.15, 0.2) is 0 Å². The zero-order valence-corrected chi connectivity index (χ0v) is 11.9. The molecule has 0 saturated heterocycles. The van der Waals surface area contributed by atoms with Crippen molar-refractivity contribution in [3.63, 3.8) is 0 Å². The number of aromatic nitrogens is 1. The van der Waals surface area contributed by atoms with Crippen molar-refractivity contribution in [2.75, 3.05) is 12.3 Å². The number of rotatable bonds is 4. The van der Waals surface area contributed by atoms with Gasteiger partial charge in [0.25, 0.3) is 5.91 Å². The molecule has 0 bridgehead atoms. The summed E-state index contributed by atoms with van der Waals surface area (Å²) in [6, 6.07) is 3.68. The summed E-state index contributed by atoms with van der Waals surface area (Å²) in [5.41, 5.74) is 6.07. The highest BCUT2D eigenvalue weighted by molar-refractivity contribution is 9.10. The summed E-state index contributed by atoms with van der Waals surface area (Å²) in [6.07, 6.45) is 1.84. The van der Waals surface area contributed by atoms with E-state index in [1.165, 1.54) is 0 Å². The average molecular weight is 311 g/mol. The maximum Gasteiger partial charge on any atom is 0.257 e. The van der Waals surface area contributed by atoms with E-state index in [0.29, 0.717) is 23.0 Å². The lowest BCUT2D eigenvalue weighted by Gasteiger charge is -2.26. The second-order valence-electron chi connectivity index (χ2n) is 4.09. The van der Waals surface area contributed by atoms with Gasteiger partial charge >= 0.3 is 0 Å². The Morgan fingerprint density at radius 3 is 2.89 bits per heavy atom. The van der Waals surface area contributed by atoms with Crippen molar-refractivity contribution >= 4 is 27.7 Å². The summed E-state index contributed by atoms with van der Waals surface area (Å²) in [5, 5.41) is 8.62. The summed E-state index contributed by atoms with van der Waals surface area (Å²) in [7, 11) is 0. The number of nitrogens with zero attached hydrogens (tertiary/aromatic N) is 3. The molecule has 2 N–H and O–H groups in total. The molecule has 0 aliphatic rings. The molecule has 6 heteroatoms. The highest BCUT2D eigenvalue weighted by atomic mass is 79.9. The molecule has 1 aromatic heterocycles. The minimum absolute atomic E-state index is 0.00392. The van der Waals surface area contributed by atoms with E-state index < -0.39 is 0 Å². The van der Waals surface area contributed by atoms with Gasteiger partial charge in [-0.2, -0.15) is 5.26 Å². The third-order valence-electron chi connectivity index (χ3n) is 2.46. The topological polar surface area (TPSA) is 83.0 Å². The van der Waals surface area contributed by atoms with Crippen LogP contribution in [-0.2, 0) is 0 Å². The van der Waals surface area contributed by atoms with Gasteiger partial charge in [0.1, 0.15) is 5.82 Å². The minimum atomic E-state index is -0.202. The number of amides is 1. The highest BCUT2D eigenvalue weighted by Gasteiger charge is 2.21. The molecular weight excluding hydrogens is 296 g/mol. The first-order valence-corrected chi connectivity index (χ1v) is 6.35. The van der Waals surface area contributed by atoms with E-state index in [2.05, 4.69) is 20.9 Å². The van der Waals surface area contributed by atoms with Gasteiger partial charge in [-0.15, -0.1) is 0 Å². The van der Waals surface area contributed by atoms with E-state index in [0.717, 1.165) is 0 Å². The van der Waals surface area contributed by atoms with Crippen molar-refractivity contribution in [3.05, 3.63) is 22.3 Å². The molecule has 1 amide bonds. The van der Waals surface area contributed by atoms with Gasteiger partial charge in [-0.05, 0) is 35.8 Å². The number of nitrogen functional groups attached to an aromatic ring is 1. The monoisotopic (exact) mass is 310 g/mol. The van der Waals surface area contributed by atoms with Crippen LogP contribution in [0.25, 0.3) is 0 Å². The molecule has 0 fully saturated rings. The van der Waals surface area contributed by atoms with E-state index >= 15 is 0 Å². The molecule has 0 unspecified atom stereocenters. The zero-order chi connectivity index (χ0) is 13.7. The molecule has 0 spiro atoms. The normalized spacial score (nSPS) is 10.2. The van der Waals surface area contributed by atoms with Crippen molar-refractivity contribution in [2.24, 2.45) is 0 Å². The minimum Gasteiger partial charge on any atom is -0.383 e. The number of carbonyl (C=O) groups is 1. The lowest BCUT2D eigenvalue weighted by molar-refractivity contribution is 0.0711. The number of anilines is 1. The van der Waals surface area contributed by atoms with Gasteiger partial charge in [0, 0.05) is 23.3 Å². The van der Waals surface area contributed by atoms with Crippen LogP contribution < -0.4 is 5.73 Å². The molecule has 1 aromatic rings. The largest absolute Gasteiger partial charge is 0.383 e. The molecule has 18 heavy (non-hydrogen) atoms. The summed E-state index contributed by atoms with van der Waals surface area (Å²) in [4.78, 5) is 17.9. The van der Waals surface area contributed by atoms with Crippen molar-refractivity contribution in [3.8, 4) is 6.07 Å². The first-order chi connectivity index (χ1) is 8.47. The van der Waals surface area contributed by atoms with Gasteiger partial charge in [0.05, 0.1) is 18.1 Å². The van der Waals surface area contributed by atoms with E-state index in [-0.39, 0.29) is 17.8 Å². The molecule has 0 aromatic carbocycles. The molecule has 1 rings (SSSR count). The van der Waals surface area contributed by atoms with Gasteiger partial charge in [-0.25, -0.2) is 4.98 Å². The lowest BCUT2D eigenvalue weighted by atomic mass is 10.2. The predicted octanol–water partition coefficient (Wildman–Crippen LogP) is 2.19. The van der Waals surface area contributed by atoms with Gasteiger partial charge in [0.2, 0.25) is 0 Å². The van der Waals surface area contributed by atoms with Crippen LogP contribution in [0.4, 0.5) is 5.82 Å². The molecule has 0 atom stereocenters. The summed E-state index contributed by atoms with van der Waals surface area (Å²) in [5.74, 6) is -0.00245. The molecule has 0 saturated carbocycles. The summed E-state index contributed by atoms with van der Waals surface area (Å²) >= 11 is 3.26. The molecule has 5 nitrogen and oxygen atoms in total. The Balaban J connectivity index is 3.02. The molecule has 0 aliphatic carbocycles. The van der Waals surface area contributed by atoms with Crippen LogP contribution in [0.1, 0.15) is 30.6 Å². The van der Waals surface area contributed by atoms with Gasteiger partial charge in [-0.3, -0.25) is 4.79 Å². The number of nitriles is 1. The first kappa shape index (κ1) is 14.5. The highest BCUT2D eigenvalue weighted by Crippen LogP contribution is 2.18. The van der Waals surface area contributed by atoms with Crippen LogP contribution in [0.3, 0.4) is 0 Å². The number of pyridine rings is 1. The van der Waals surface area contributed by atoms with Gasteiger partial charge in [-0.1, -0.05) is 0 Å². The smallest absolute Gasteiger partial charge is 0.257 e. The number of nitrogens with two attached hydrogens (primary N) is 1. The second-order valence-corrected chi connectivity index (χ2v) is 5.00. The van der Waals surface area contributed by atoms with E-state index in [9.17, 15) is 4.79 Å². The third-order valence-corrected chi connectivity index (χ3v) is 2.90. The van der Waals surface area contributed by atoms with E-state index in [1.54, 1.807) is 17.2 Å². The number of hydrogen-bond donors (Lipinski definition) is 1. The zero-order valence-electron chi connectivity index (χ0n) is 10.4.